The van der Waals surface area contributed by atoms with Crippen molar-refractivity contribution in [1.29, 1.82) is 0 Å². The monoisotopic (exact) mass is 443 g/mol. The summed E-state index contributed by atoms with van der Waals surface area (Å²) in [6.07, 6.45) is 0. The van der Waals surface area contributed by atoms with Gasteiger partial charge in [0.1, 0.15) is 6.61 Å². The van der Waals surface area contributed by atoms with Crippen LogP contribution in [0, 0.1) is 20.2 Å². The van der Waals surface area contributed by atoms with E-state index in [2.05, 4.69) is 5.32 Å². The highest BCUT2D eigenvalue weighted by molar-refractivity contribution is 6.32. The number of nitro groups is 2. The Kier molecular flexibility index (Phi) is 6.88. The molecule has 0 heterocycles. The molecule has 0 fully saturated rings. The van der Waals surface area contributed by atoms with Crippen LogP contribution in [0.2, 0.25) is 5.02 Å². The quantitative estimate of drug-likeness (QED) is 0.349. The van der Waals surface area contributed by atoms with E-state index in [1.807, 2.05) is 0 Å². The first kappa shape index (κ1) is 21.8. The van der Waals surface area contributed by atoms with Crippen LogP contribution in [0.25, 0.3) is 0 Å². The van der Waals surface area contributed by atoms with E-state index in [0.717, 1.165) is 11.1 Å². The van der Waals surface area contributed by atoms with Gasteiger partial charge in [-0.3, -0.25) is 20.2 Å². The third-order valence-electron chi connectivity index (χ3n) is 4.37. The normalized spacial score (nSPS) is 10.4. The van der Waals surface area contributed by atoms with Gasteiger partial charge >= 0.3 is 0 Å². The van der Waals surface area contributed by atoms with Gasteiger partial charge in [-0.25, -0.2) is 0 Å². The SMILES string of the molecule is COc1cc(CNc2cccc([N+](=O)[O-])c2)cc(Cl)c1OCc1ccc([N+](=O)[O-])cc1. The molecule has 0 aliphatic heterocycles. The van der Waals surface area contributed by atoms with Crippen LogP contribution in [-0.2, 0) is 13.2 Å². The Morgan fingerprint density at radius 2 is 1.65 bits per heavy atom. The Morgan fingerprint density at radius 3 is 2.29 bits per heavy atom. The van der Waals surface area contributed by atoms with Crippen LogP contribution in [0.3, 0.4) is 0 Å². The molecule has 0 unspecified atom stereocenters. The molecular weight excluding hydrogens is 426 g/mol. The molecule has 160 valence electrons. The lowest BCUT2D eigenvalue weighted by Gasteiger charge is -2.15. The predicted octanol–water partition coefficient (Wildman–Crippen LogP) is 5.36. The third kappa shape index (κ3) is 5.61. The summed E-state index contributed by atoms with van der Waals surface area (Å²) in [5.74, 6) is 0.770. The first-order valence-electron chi connectivity index (χ1n) is 9.08. The Bertz CT molecular complexity index is 1100. The molecular formula is C21H18ClN3O6. The van der Waals surface area contributed by atoms with E-state index in [0.29, 0.717) is 28.8 Å². The highest BCUT2D eigenvalue weighted by Gasteiger charge is 2.13. The summed E-state index contributed by atoms with van der Waals surface area (Å²) in [6, 6.07) is 15.7. The van der Waals surface area contributed by atoms with E-state index >= 15 is 0 Å². The van der Waals surface area contributed by atoms with E-state index in [1.165, 1.54) is 31.4 Å². The van der Waals surface area contributed by atoms with Crippen molar-refractivity contribution < 1.29 is 19.3 Å². The van der Waals surface area contributed by atoms with Crippen LogP contribution in [0.1, 0.15) is 11.1 Å². The first-order chi connectivity index (χ1) is 14.9. The molecule has 0 bridgehead atoms. The molecule has 0 saturated carbocycles. The molecule has 10 heteroatoms. The van der Waals surface area contributed by atoms with Crippen LogP contribution in [0.5, 0.6) is 11.5 Å². The van der Waals surface area contributed by atoms with Gasteiger partial charge in [-0.05, 0) is 41.5 Å². The number of non-ortho nitro benzene ring substituents is 2. The number of benzene rings is 3. The van der Waals surface area contributed by atoms with Crippen LogP contribution >= 0.6 is 11.6 Å². The second-order valence-electron chi connectivity index (χ2n) is 6.48. The topological polar surface area (TPSA) is 117 Å². The molecule has 3 rings (SSSR count). The van der Waals surface area contributed by atoms with Crippen molar-refractivity contribution in [2.24, 2.45) is 0 Å². The number of hydrogen-bond donors (Lipinski definition) is 1. The minimum atomic E-state index is -0.467. The van der Waals surface area contributed by atoms with Crippen molar-refractivity contribution in [2.45, 2.75) is 13.2 Å². The van der Waals surface area contributed by atoms with E-state index in [9.17, 15) is 20.2 Å². The summed E-state index contributed by atoms with van der Waals surface area (Å²) in [5, 5.41) is 25.1. The molecule has 9 nitrogen and oxygen atoms in total. The number of nitrogens with zero attached hydrogens (tertiary/aromatic N) is 2. The molecule has 0 radical (unpaired) electrons. The number of nitro benzene ring substituents is 2. The minimum Gasteiger partial charge on any atom is -0.493 e. The van der Waals surface area contributed by atoms with Crippen LogP contribution < -0.4 is 14.8 Å². The summed E-state index contributed by atoms with van der Waals surface area (Å²) in [5.41, 5.74) is 2.12. The molecule has 3 aromatic carbocycles. The lowest BCUT2D eigenvalue weighted by atomic mass is 10.2. The number of ether oxygens (including phenoxy) is 2. The smallest absolute Gasteiger partial charge is 0.271 e. The number of rotatable bonds is 9. The van der Waals surface area contributed by atoms with E-state index in [1.54, 1.807) is 36.4 Å². The van der Waals surface area contributed by atoms with Gasteiger partial charge in [0.25, 0.3) is 11.4 Å². The van der Waals surface area contributed by atoms with Gasteiger partial charge in [0.15, 0.2) is 11.5 Å². The van der Waals surface area contributed by atoms with Crippen molar-refractivity contribution in [3.8, 4) is 11.5 Å². The molecule has 0 amide bonds. The maximum absolute atomic E-state index is 10.9. The second-order valence-corrected chi connectivity index (χ2v) is 6.89. The highest BCUT2D eigenvalue weighted by Crippen LogP contribution is 2.37. The van der Waals surface area contributed by atoms with Crippen LogP contribution in [-0.4, -0.2) is 17.0 Å². The van der Waals surface area contributed by atoms with Gasteiger partial charge in [-0.2, -0.15) is 0 Å². The van der Waals surface area contributed by atoms with Gasteiger partial charge in [0, 0.05) is 36.5 Å². The summed E-state index contributed by atoms with van der Waals surface area (Å²) in [4.78, 5) is 20.7. The average Bonchev–Trinajstić information content (AvgIpc) is 2.77. The first-order valence-corrected chi connectivity index (χ1v) is 9.46. The van der Waals surface area contributed by atoms with Gasteiger partial charge in [-0.1, -0.05) is 17.7 Å². The fourth-order valence-electron chi connectivity index (χ4n) is 2.82. The lowest BCUT2D eigenvalue weighted by Crippen LogP contribution is -2.03. The van der Waals surface area contributed by atoms with Gasteiger partial charge in [0.05, 0.1) is 22.0 Å². The molecule has 1 N–H and O–H groups in total. The molecule has 0 atom stereocenters. The second kappa shape index (κ2) is 9.77. The zero-order valence-electron chi connectivity index (χ0n) is 16.4. The standard InChI is InChI=1S/C21H18ClN3O6/c1-30-20-10-15(12-23-16-3-2-4-18(11-16)25(28)29)9-19(22)21(20)31-13-14-5-7-17(8-6-14)24(26)27/h2-11,23H,12-13H2,1H3. The largest absolute Gasteiger partial charge is 0.493 e. The molecule has 0 aromatic heterocycles. The number of methoxy groups -OCH3 is 1. The lowest BCUT2D eigenvalue weighted by molar-refractivity contribution is -0.385. The zero-order chi connectivity index (χ0) is 22.4. The highest BCUT2D eigenvalue weighted by atomic mass is 35.5. The Hall–Kier alpha value is -3.85. The van der Waals surface area contributed by atoms with Crippen molar-refractivity contribution in [2.75, 3.05) is 12.4 Å². The summed E-state index contributed by atoms with van der Waals surface area (Å²) < 4.78 is 11.2. The van der Waals surface area contributed by atoms with E-state index in [-0.39, 0.29) is 18.0 Å². The van der Waals surface area contributed by atoms with Crippen LogP contribution in [0.4, 0.5) is 17.1 Å². The van der Waals surface area contributed by atoms with Gasteiger partial charge < -0.3 is 14.8 Å². The summed E-state index contributed by atoms with van der Waals surface area (Å²) in [7, 11) is 1.49. The average molecular weight is 444 g/mol. The molecule has 3 aromatic rings. The molecule has 0 saturated heterocycles. The summed E-state index contributed by atoms with van der Waals surface area (Å²) >= 11 is 6.38. The van der Waals surface area contributed by atoms with Crippen molar-refractivity contribution in [3.63, 3.8) is 0 Å². The molecule has 31 heavy (non-hydrogen) atoms. The van der Waals surface area contributed by atoms with Crippen molar-refractivity contribution >= 4 is 28.7 Å². The number of hydrogen-bond acceptors (Lipinski definition) is 7. The third-order valence-corrected chi connectivity index (χ3v) is 4.65. The van der Waals surface area contributed by atoms with Gasteiger partial charge in [0.2, 0.25) is 0 Å². The molecule has 0 aliphatic carbocycles. The van der Waals surface area contributed by atoms with Crippen LogP contribution in [0.15, 0.2) is 60.7 Å². The Balaban J connectivity index is 1.70. The maximum atomic E-state index is 10.9. The fourth-order valence-corrected chi connectivity index (χ4v) is 3.11. The van der Waals surface area contributed by atoms with Crippen molar-refractivity contribution in [1.82, 2.24) is 0 Å². The van der Waals surface area contributed by atoms with Crippen molar-refractivity contribution in [3.05, 3.63) is 97.0 Å². The zero-order valence-corrected chi connectivity index (χ0v) is 17.2. The predicted molar refractivity (Wildman–Crippen MR) is 116 cm³/mol. The fraction of sp³-hybridized carbons (Fsp3) is 0.143. The Morgan fingerprint density at radius 1 is 0.935 bits per heavy atom. The molecule has 0 aliphatic rings. The maximum Gasteiger partial charge on any atom is 0.271 e. The number of halogens is 1. The van der Waals surface area contributed by atoms with Gasteiger partial charge in [-0.15, -0.1) is 0 Å². The van der Waals surface area contributed by atoms with E-state index < -0.39 is 9.85 Å². The number of nitrogens with one attached hydrogen (secondary N) is 1. The minimum absolute atomic E-state index is 0.0000332. The summed E-state index contributed by atoms with van der Waals surface area (Å²) in [6.45, 7) is 0.513. The van der Waals surface area contributed by atoms with E-state index in [4.69, 9.17) is 21.1 Å². The molecule has 0 spiro atoms. The number of anilines is 1. The Labute approximate surface area is 182 Å².